The second-order valence-electron chi connectivity index (χ2n) is 6.94. The molecule has 0 spiro atoms. The Morgan fingerprint density at radius 3 is 2.60 bits per heavy atom. The fourth-order valence-electron chi connectivity index (χ4n) is 3.82. The van der Waals surface area contributed by atoms with Gasteiger partial charge in [0.05, 0.1) is 6.10 Å². The zero-order valence-electron chi connectivity index (χ0n) is 12.5. The summed E-state index contributed by atoms with van der Waals surface area (Å²) in [6.45, 7) is 4.60. The molecule has 1 aliphatic rings. The average Bonchev–Trinajstić information content (AvgIpc) is 2.78. The van der Waals surface area contributed by atoms with E-state index < -0.39 is 0 Å². The first-order chi connectivity index (χ1) is 9.56. The van der Waals surface area contributed by atoms with Crippen LogP contribution in [0.5, 0.6) is 0 Å². The Bertz CT molecular complexity index is 599. The summed E-state index contributed by atoms with van der Waals surface area (Å²) in [5, 5.41) is 13.1. The van der Waals surface area contributed by atoms with Crippen molar-refractivity contribution in [3.63, 3.8) is 0 Å². The number of rotatable bonds is 3. The predicted octanol–water partition coefficient (Wildman–Crippen LogP) is 4.57. The SMILES string of the molecule is CC1(C)CCCC1C(O)Cc1ccc2ccccc2c1. The molecule has 0 radical (unpaired) electrons. The summed E-state index contributed by atoms with van der Waals surface area (Å²) in [6, 6.07) is 15.0. The van der Waals surface area contributed by atoms with E-state index in [-0.39, 0.29) is 11.5 Å². The van der Waals surface area contributed by atoms with E-state index >= 15 is 0 Å². The standard InChI is InChI=1S/C19H24O/c1-19(2)11-5-8-17(19)18(20)13-14-9-10-15-6-3-4-7-16(15)12-14/h3-4,6-7,9-10,12,17-18,20H,5,8,11,13H2,1-2H3. The monoisotopic (exact) mass is 268 g/mol. The van der Waals surface area contributed by atoms with E-state index in [1.807, 2.05) is 0 Å². The van der Waals surface area contributed by atoms with Gasteiger partial charge >= 0.3 is 0 Å². The van der Waals surface area contributed by atoms with Crippen molar-refractivity contribution in [1.82, 2.24) is 0 Å². The molecule has 20 heavy (non-hydrogen) atoms. The molecule has 2 atom stereocenters. The zero-order chi connectivity index (χ0) is 14.2. The molecule has 1 saturated carbocycles. The van der Waals surface area contributed by atoms with Crippen LogP contribution < -0.4 is 0 Å². The third-order valence-corrected chi connectivity index (χ3v) is 5.06. The van der Waals surface area contributed by atoms with Gasteiger partial charge in [-0.1, -0.05) is 62.7 Å². The van der Waals surface area contributed by atoms with Crippen molar-refractivity contribution in [2.45, 2.75) is 45.6 Å². The Labute approximate surface area is 121 Å². The molecule has 0 aliphatic heterocycles. The molecular formula is C19H24O. The van der Waals surface area contributed by atoms with Crippen LogP contribution in [-0.4, -0.2) is 11.2 Å². The summed E-state index contributed by atoms with van der Waals surface area (Å²) in [6.07, 6.45) is 4.23. The maximum atomic E-state index is 10.6. The lowest BCUT2D eigenvalue weighted by Crippen LogP contribution is -2.31. The minimum atomic E-state index is -0.214. The van der Waals surface area contributed by atoms with Crippen molar-refractivity contribution >= 4 is 10.8 Å². The summed E-state index contributed by atoms with van der Waals surface area (Å²) in [5.74, 6) is 0.439. The summed E-state index contributed by atoms with van der Waals surface area (Å²) in [7, 11) is 0. The average molecular weight is 268 g/mol. The van der Waals surface area contributed by atoms with Gasteiger partial charge in [0.15, 0.2) is 0 Å². The Morgan fingerprint density at radius 1 is 1.15 bits per heavy atom. The van der Waals surface area contributed by atoms with Crippen LogP contribution in [0.3, 0.4) is 0 Å². The Hall–Kier alpha value is -1.34. The first-order valence-electron chi connectivity index (χ1n) is 7.72. The van der Waals surface area contributed by atoms with Crippen LogP contribution in [0.2, 0.25) is 0 Å². The van der Waals surface area contributed by atoms with E-state index in [0.717, 1.165) is 6.42 Å². The summed E-state index contributed by atoms with van der Waals surface area (Å²) >= 11 is 0. The van der Waals surface area contributed by atoms with Crippen LogP contribution in [0, 0.1) is 11.3 Å². The first kappa shape index (κ1) is 13.6. The molecule has 1 fully saturated rings. The summed E-state index contributed by atoms with van der Waals surface area (Å²) < 4.78 is 0. The third kappa shape index (κ3) is 2.60. The Balaban J connectivity index is 1.79. The lowest BCUT2D eigenvalue weighted by Gasteiger charge is -2.31. The van der Waals surface area contributed by atoms with Crippen LogP contribution in [-0.2, 0) is 6.42 Å². The quantitative estimate of drug-likeness (QED) is 0.864. The molecular weight excluding hydrogens is 244 g/mol. The molecule has 106 valence electrons. The molecule has 1 aliphatic carbocycles. The van der Waals surface area contributed by atoms with Crippen LogP contribution in [0.15, 0.2) is 42.5 Å². The van der Waals surface area contributed by atoms with Crippen LogP contribution in [0.1, 0.15) is 38.7 Å². The van der Waals surface area contributed by atoms with Gasteiger partial charge in [-0.15, -0.1) is 0 Å². The number of hydrogen-bond donors (Lipinski definition) is 1. The molecule has 2 aromatic carbocycles. The normalized spacial score (nSPS) is 23.1. The first-order valence-corrected chi connectivity index (χ1v) is 7.72. The Morgan fingerprint density at radius 2 is 1.90 bits per heavy atom. The van der Waals surface area contributed by atoms with Gasteiger partial charge in [-0.25, -0.2) is 0 Å². The molecule has 1 heteroatoms. The highest BCUT2D eigenvalue weighted by atomic mass is 16.3. The van der Waals surface area contributed by atoms with E-state index in [0.29, 0.717) is 5.92 Å². The van der Waals surface area contributed by atoms with Gasteiger partial charge in [-0.3, -0.25) is 0 Å². The van der Waals surface area contributed by atoms with Crippen molar-refractivity contribution in [1.29, 1.82) is 0 Å². The fourth-order valence-corrected chi connectivity index (χ4v) is 3.82. The number of benzene rings is 2. The molecule has 1 N–H and O–H groups in total. The number of fused-ring (bicyclic) bond motifs is 1. The molecule has 3 rings (SSSR count). The Kier molecular flexibility index (Phi) is 3.55. The maximum Gasteiger partial charge on any atom is 0.0613 e. The minimum absolute atomic E-state index is 0.214. The van der Waals surface area contributed by atoms with Gasteiger partial charge in [-0.2, -0.15) is 0 Å². The second kappa shape index (κ2) is 5.21. The fraction of sp³-hybridized carbons (Fsp3) is 0.474. The van der Waals surface area contributed by atoms with Gasteiger partial charge in [-0.05, 0) is 46.9 Å². The molecule has 0 amide bonds. The van der Waals surface area contributed by atoms with Crippen molar-refractivity contribution in [3.8, 4) is 0 Å². The lowest BCUT2D eigenvalue weighted by molar-refractivity contribution is 0.0543. The van der Waals surface area contributed by atoms with Gasteiger partial charge < -0.3 is 5.11 Å². The predicted molar refractivity (Wildman–Crippen MR) is 84.8 cm³/mol. The smallest absolute Gasteiger partial charge is 0.0613 e. The molecule has 0 heterocycles. The van der Waals surface area contributed by atoms with E-state index in [2.05, 4.69) is 56.3 Å². The van der Waals surface area contributed by atoms with E-state index in [9.17, 15) is 5.11 Å². The third-order valence-electron chi connectivity index (χ3n) is 5.06. The van der Waals surface area contributed by atoms with Gasteiger partial charge in [0.25, 0.3) is 0 Å². The zero-order valence-corrected chi connectivity index (χ0v) is 12.5. The van der Waals surface area contributed by atoms with Gasteiger partial charge in [0.1, 0.15) is 0 Å². The topological polar surface area (TPSA) is 20.2 Å². The largest absolute Gasteiger partial charge is 0.392 e. The number of hydrogen-bond acceptors (Lipinski definition) is 1. The van der Waals surface area contributed by atoms with Crippen molar-refractivity contribution < 1.29 is 5.11 Å². The summed E-state index contributed by atoms with van der Waals surface area (Å²) in [5.41, 5.74) is 1.54. The van der Waals surface area contributed by atoms with Crippen LogP contribution in [0.25, 0.3) is 10.8 Å². The number of aliphatic hydroxyl groups is 1. The van der Waals surface area contributed by atoms with Gasteiger partial charge in [0, 0.05) is 0 Å². The molecule has 1 nitrogen and oxygen atoms in total. The molecule has 0 aromatic heterocycles. The molecule has 2 unspecified atom stereocenters. The highest BCUT2D eigenvalue weighted by Gasteiger charge is 2.38. The second-order valence-corrected chi connectivity index (χ2v) is 6.94. The van der Waals surface area contributed by atoms with E-state index in [4.69, 9.17) is 0 Å². The summed E-state index contributed by atoms with van der Waals surface area (Å²) in [4.78, 5) is 0. The molecule has 2 aromatic rings. The highest BCUT2D eigenvalue weighted by Crippen LogP contribution is 2.44. The molecule has 0 saturated heterocycles. The van der Waals surface area contributed by atoms with Crippen molar-refractivity contribution in [3.05, 3.63) is 48.0 Å². The van der Waals surface area contributed by atoms with Crippen LogP contribution in [0.4, 0.5) is 0 Å². The number of aliphatic hydroxyl groups excluding tert-OH is 1. The van der Waals surface area contributed by atoms with E-state index in [1.54, 1.807) is 0 Å². The van der Waals surface area contributed by atoms with Crippen LogP contribution >= 0.6 is 0 Å². The van der Waals surface area contributed by atoms with Crippen molar-refractivity contribution in [2.75, 3.05) is 0 Å². The van der Waals surface area contributed by atoms with E-state index in [1.165, 1.54) is 35.6 Å². The lowest BCUT2D eigenvalue weighted by atomic mass is 9.77. The molecule has 0 bridgehead atoms. The van der Waals surface area contributed by atoms with Gasteiger partial charge in [0.2, 0.25) is 0 Å². The maximum absolute atomic E-state index is 10.6. The minimum Gasteiger partial charge on any atom is -0.392 e. The highest BCUT2D eigenvalue weighted by molar-refractivity contribution is 5.82. The van der Waals surface area contributed by atoms with Crippen molar-refractivity contribution in [2.24, 2.45) is 11.3 Å².